The molecular formula is C14H16N2O3. The zero-order valence-corrected chi connectivity index (χ0v) is 11.0. The van der Waals surface area contributed by atoms with Crippen LogP contribution in [0.4, 0.5) is 5.69 Å². The molecule has 1 rings (SSSR count). The maximum absolute atomic E-state index is 11.9. The smallest absolute Gasteiger partial charge is 0.306 e. The number of benzene rings is 1. The van der Waals surface area contributed by atoms with Gasteiger partial charge in [0.25, 0.3) is 0 Å². The molecule has 0 saturated heterocycles. The predicted octanol–water partition coefficient (Wildman–Crippen LogP) is 1.86. The molecule has 5 heteroatoms. The zero-order chi connectivity index (χ0) is 14.3. The van der Waals surface area contributed by atoms with Gasteiger partial charge in [-0.3, -0.25) is 9.59 Å². The van der Waals surface area contributed by atoms with Crippen LogP contribution in [0.15, 0.2) is 24.3 Å². The molecule has 0 aliphatic rings. The van der Waals surface area contributed by atoms with E-state index in [1.807, 2.05) is 6.07 Å². The van der Waals surface area contributed by atoms with Gasteiger partial charge in [0.2, 0.25) is 5.91 Å². The third-order valence-electron chi connectivity index (χ3n) is 2.61. The molecule has 0 saturated carbocycles. The molecule has 0 aromatic heterocycles. The van der Waals surface area contributed by atoms with Gasteiger partial charge in [-0.25, -0.2) is 0 Å². The highest BCUT2D eigenvalue weighted by Gasteiger charge is 2.15. The van der Waals surface area contributed by atoms with Crippen molar-refractivity contribution in [2.75, 3.05) is 18.6 Å². The lowest BCUT2D eigenvalue weighted by molar-refractivity contribution is -0.144. The lowest BCUT2D eigenvalue weighted by Gasteiger charge is -2.18. The summed E-state index contributed by atoms with van der Waals surface area (Å²) in [5.74, 6) is -0.617. The van der Waals surface area contributed by atoms with E-state index in [2.05, 4.69) is 0 Å². The number of carbonyl (C=O) groups excluding carboxylic acids is 2. The Morgan fingerprint density at radius 3 is 2.63 bits per heavy atom. The van der Waals surface area contributed by atoms with E-state index in [1.165, 1.54) is 4.90 Å². The Morgan fingerprint density at radius 2 is 2.00 bits per heavy atom. The van der Waals surface area contributed by atoms with E-state index in [-0.39, 0.29) is 18.7 Å². The Labute approximate surface area is 112 Å². The van der Waals surface area contributed by atoms with Crippen molar-refractivity contribution >= 4 is 17.6 Å². The number of ether oxygens (including phenoxy) is 1. The maximum atomic E-state index is 11.9. The minimum atomic E-state index is -0.391. The van der Waals surface area contributed by atoms with Crippen LogP contribution in [0, 0.1) is 11.3 Å². The average Bonchev–Trinajstić information content (AvgIpc) is 2.44. The first kappa shape index (κ1) is 14.7. The molecule has 19 heavy (non-hydrogen) atoms. The van der Waals surface area contributed by atoms with E-state index in [1.54, 1.807) is 38.2 Å². The van der Waals surface area contributed by atoms with Crippen LogP contribution < -0.4 is 4.90 Å². The first-order chi connectivity index (χ1) is 9.10. The fraction of sp³-hybridized carbons (Fsp3) is 0.357. The van der Waals surface area contributed by atoms with Gasteiger partial charge in [-0.1, -0.05) is 12.1 Å². The molecule has 0 atom stereocenters. The number of para-hydroxylation sites is 1. The van der Waals surface area contributed by atoms with E-state index in [4.69, 9.17) is 10.00 Å². The van der Waals surface area contributed by atoms with Gasteiger partial charge in [0.05, 0.1) is 24.3 Å². The summed E-state index contributed by atoms with van der Waals surface area (Å²) in [7, 11) is 1.59. The first-order valence-electron chi connectivity index (χ1n) is 6.01. The number of amides is 1. The highest BCUT2D eigenvalue weighted by atomic mass is 16.5. The van der Waals surface area contributed by atoms with Gasteiger partial charge in [-0.2, -0.15) is 5.26 Å². The molecule has 0 radical (unpaired) electrons. The van der Waals surface area contributed by atoms with Crippen molar-refractivity contribution < 1.29 is 14.3 Å². The lowest BCUT2D eigenvalue weighted by Crippen LogP contribution is -2.27. The van der Waals surface area contributed by atoms with Crippen molar-refractivity contribution in [2.24, 2.45) is 0 Å². The SMILES string of the molecule is CCOC(=O)CCC(=O)N(C)c1ccccc1C#N. The molecule has 0 aliphatic carbocycles. The first-order valence-corrected chi connectivity index (χ1v) is 6.01. The van der Waals surface area contributed by atoms with E-state index in [0.717, 1.165) is 0 Å². The van der Waals surface area contributed by atoms with Crippen LogP contribution in [0.3, 0.4) is 0 Å². The fourth-order valence-corrected chi connectivity index (χ4v) is 1.60. The summed E-state index contributed by atoms with van der Waals surface area (Å²) in [6.07, 6.45) is 0.112. The number of hydrogen-bond acceptors (Lipinski definition) is 4. The highest BCUT2D eigenvalue weighted by molar-refractivity contribution is 5.95. The number of rotatable bonds is 5. The van der Waals surface area contributed by atoms with Crippen LogP contribution in [0.1, 0.15) is 25.3 Å². The van der Waals surface area contributed by atoms with Gasteiger partial charge in [-0.05, 0) is 19.1 Å². The third-order valence-corrected chi connectivity index (χ3v) is 2.61. The summed E-state index contributed by atoms with van der Waals surface area (Å²) in [6.45, 7) is 2.02. The fourth-order valence-electron chi connectivity index (χ4n) is 1.60. The number of esters is 1. The van der Waals surface area contributed by atoms with Crippen LogP contribution in [-0.4, -0.2) is 25.5 Å². The topological polar surface area (TPSA) is 70.4 Å². The Morgan fingerprint density at radius 1 is 1.32 bits per heavy atom. The molecule has 0 unspecified atom stereocenters. The predicted molar refractivity (Wildman–Crippen MR) is 70.4 cm³/mol. The molecule has 0 spiro atoms. The van der Waals surface area contributed by atoms with Gasteiger partial charge < -0.3 is 9.64 Å². The van der Waals surface area contributed by atoms with Crippen LogP contribution >= 0.6 is 0 Å². The average molecular weight is 260 g/mol. The van der Waals surface area contributed by atoms with Crippen molar-refractivity contribution in [3.8, 4) is 6.07 Å². The van der Waals surface area contributed by atoms with E-state index in [0.29, 0.717) is 17.9 Å². The van der Waals surface area contributed by atoms with Crippen LogP contribution in [0.2, 0.25) is 0 Å². The maximum Gasteiger partial charge on any atom is 0.306 e. The second-order valence-corrected chi connectivity index (χ2v) is 3.89. The normalized spacial score (nSPS) is 9.53. The van der Waals surface area contributed by atoms with Crippen molar-refractivity contribution in [3.63, 3.8) is 0 Å². The van der Waals surface area contributed by atoms with E-state index >= 15 is 0 Å². The van der Waals surface area contributed by atoms with Crippen molar-refractivity contribution in [2.45, 2.75) is 19.8 Å². The molecular weight excluding hydrogens is 244 g/mol. The monoisotopic (exact) mass is 260 g/mol. The Kier molecular flexibility index (Phi) is 5.55. The van der Waals surface area contributed by atoms with Crippen molar-refractivity contribution in [1.82, 2.24) is 0 Å². The second-order valence-electron chi connectivity index (χ2n) is 3.89. The summed E-state index contributed by atoms with van der Waals surface area (Å²) < 4.78 is 4.76. The number of nitriles is 1. The zero-order valence-electron chi connectivity index (χ0n) is 11.0. The minimum absolute atomic E-state index is 0.0474. The number of hydrogen-bond donors (Lipinski definition) is 0. The third kappa shape index (κ3) is 4.11. The van der Waals surface area contributed by atoms with Crippen LogP contribution in [-0.2, 0) is 14.3 Å². The molecule has 1 aromatic rings. The minimum Gasteiger partial charge on any atom is -0.466 e. The van der Waals surface area contributed by atoms with Gasteiger partial charge in [0.1, 0.15) is 6.07 Å². The van der Waals surface area contributed by atoms with Crippen molar-refractivity contribution in [3.05, 3.63) is 29.8 Å². The van der Waals surface area contributed by atoms with Crippen LogP contribution in [0.5, 0.6) is 0 Å². The number of carbonyl (C=O) groups is 2. The highest BCUT2D eigenvalue weighted by Crippen LogP contribution is 2.19. The van der Waals surface area contributed by atoms with Crippen LogP contribution in [0.25, 0.3) is 0 Å². The number of nitrogens with zero attached hydrogens (tertiary/aromatic N) is 2. The second kappa shape index (κ2) is 7.17. The molecule has 1 aromatic carbocycles. The van der Waals surface area contributed by atoms with Gasteiger partial charge in [-0.15, -0.1) is 0 Å². The molecule has 0 N–H and O–H groups in total. The molecule has 5 nitrogen and oxygen atoms in total. The van der Waals surface area contributed by atoms with E-state index in [9.17, 15) is 9.59 Å². The van der Waals surface area contributed by atoms with Gasteiger partial charge >= 0.3 is 5.97 Å². The summed E-state index contributed by atoms with van der Waals surface area (Å²) in [5.41, 5.74) is 0.966. The summed E-state index contributed by atoms with van der Waals surface area (Å²) in [5, 5.41) is 8.98. The Balaban J connectivity index is 2.67. The molecule has 0 heterocycles. The number of anilines is 1. The summed E-state index contributed by atoms with van der Waals surface area (Å²) in [6, 6.07) is 8.86. The Hall–Kier alpha value is -2.35. The van der Waals surface area contributed by atoms with Gasteiger partial charge in [0.15, 0.2) is 0 Å². The molecule has 0 bridgehead atoms. The quantitative estimate of drug-likeness (QED) is 0.758. The molecule has 0 fully saturated rings. The standard InChI is InChI=1S/C14H16N2O3/c1-3-19-14(18)9-8-13(17)16(2)12-7-5-4-6-11(12)10-15/h4-7H,3,8-9H2,1-2H3. The Bertz CT molecular complexity index is 506. The lowest BCUT2D eigenvalue weighted by atomic mass is 10.1. The van der Waals surface area contributed by atoms with E-state index < -0.39 is 5.97 Å². The molecule has 0 aliphatic heterocycles. The molecule has 100 valence electrons. The summed E-state index contributed by atoms with van der Waals surface area (Å²) >= 11 is 0. The van der Waals surface area contributed by atoms with Crippen molar-refractivity contribution in [1.29, 1.82) is 5.26 Å². The van der Waals surface area contributed by atoms with Gasteiger partial charge in [0, 0.05) is 13.5 Å². The summed E-state index contributed by atoms with van der Waals surface area (Å²) in [4.78, 5) is 24.5. The largest absolute Gasteiger partial charge is 0.466 e. The molecule has 1 amide bonds.